The van der Waals surface area contributed by atoms with Gasteiger partial charge in [0, 0.05) is 21.4 Å². The Morgan fingerprint density at radius 3 is 2.71 bits per heavy atom. The fourth-order valence-electron chi connectivity index (χ4n) is 4.49. The van der Waals surface area contributed by atoms with Gasteiger partial charge in [-0.05, 0) is 57.2 Å². The highest BCUT2D eigenvalue weighted by molar-refractivity contribution is 8.00. The number of fused-ring (bicyclic) bond motifs is 1. The van der Waals surface area contributed by atoms with Gasteiger partial charge in [0.05, 0.1) is 23.3 Å². The zero-order valence-corrected chi connectivity index (χ0v) is 19.4. The fourth-order valence-corrected chi connectivity index (χ4v) is 7.17. The molecule has 9 heteroatoms. The van der Waals surface area contributed by atoms with Crippen molar-refractivity contribution in [3.8, 4) is 0 Å². The van der Waals surface area contributed by atoms with Crippen LogP contribution < -0.4 is 16.0 Å². The summed E-state index contributed by atoms with van der Waals surface area (Å²) in [5.74, 6) is 0.327. The Hall–Kier alpha value is -1.87. The van der Waals surface area contributed by atoms with Crippen LogP contribution in [0, 0.1) is 11.8 Å². The lowest BCUT2D eigenvalue weighted by molar-refractivity contribution is -0.124. The summed E-state index contributed by atoms with van der Waals surface area (Å²) in [7, 11) is 0. The number of carbonyl (C=O) groups excluding carboxylic acids is 3. The van der Waals surface area contributed by atoms with E-state index in [-0.39, 0.29) is 23.3 Å². The largest absolute Gasteiger partial charge is 0.447 e. The summed E-state index contributed by atoms with van der Waals surface area (Å²) in [5.41, 5.74) is 1.62. The molecule has 1 aliphatic carbocycles. The highest BCUT2D eigenvalue weighted by Gasteiger charge is 2.44. The standard InChI is InChI=1S/C22H29N3O4S2/c1-12(2)29-22(28)25-20(27)15-10-17(13-5-3-4-6-13)31-21(15)24-19(26)14-7-8-16-18(9-14)30-11-23-16/h7-9,12-13,15,17,21,23H,3-6,10-11H2,1-2H3,(H,24,26)(H,25,27,28). The minimum absolute atomic E-state index is 0.192. The summed E-state index contributed by atoms with van der Waals surface area (Å²) in [6, 6.07) is 5.61. The molecule has 0 aromatic heterocycles. The van der Waals surface area contributed by atoms with Gasteiger partial charge in [0.25, 0.3) is 5.91 Å². The molecular formula is C22H29N3O4S2. The second-order valence-corrected chi connectivity index (χ2v) is 11.0. The average Bonchev–Trinajstić information content (AvgIpc) is 3.46. The number of thioether (sulfide) groups is 2. The smallest absolute Gasteiger partial charge is 0.414 e. The molecule has 3 aliphatic rings. The molecule has 31 heavy (non-hydrogen) atoms. The number of hydrogen-bond acceptors (Lipinski definition) is 7. The van der Waals surface area contributed by atoms with Gasteiger partial charge in [-0.25, -0.2) is 4.79 Å². The molecule has 1 aromatic rings. The van der Waals surface area contributed by atoms with E-state index >= 15 is 0 Å². The monoisotopic (exact) mass is 463 g/mol. The van der Waals surface area contributed by atoms with E-state index in [1.54, 1.807) is 43.4 Å². The highest BCUT2D eigenvalue weighted by Crippen LogP contribution is 2.46. The third kappa shape index (κ3) is 5.31. The molecule has 7 nitrogen and oxygen atoms in total. The maximum Gasteiger partial charge on any atom is 0.414 e. The molecule has 3 N–H and O–H groups in total. The van der Waals surface area contributed by atoms with Crippen LogP contribution in [0.5, 0.6) is 0 Å². The Morgan fingerprint density at radius 2 is 1.97 bits per heavy atom. The molecule has 1 saturated heterocycles. The van der Waals surface area contributed by atoms with Crippen LogP contribution in [0.1, 0.15) is 56.3 Å². The molecule has 3 unspecified atom stereocenters. The molecule has 3 atom stereocenters. The van der Waals surface area contributed by atoms with Crippen molar-refractivity contribution in [2.75, 3.05) is 11.2 Å². The number of hydrogen-bond donors (Lipinski definition) is 3. The van der Waals surface area contributed by atoms with Gasteiger partial charge in [0.2, 0.25) is 5.91 Å². The number of amides is 3. The number of anilines is 1. The average molecular weight is 464 g/mol. The zero-order chi connectivity index (χ0) is 22.0. The Bertz CT molecular complexity index is 857. The molecule has 1 saturated carbocycles. The number of alkyl carbamates (subject to hydrolysis) is 1. The van der Waals surface area contributed by atoms with Gasteiger partial charge in [0.1, 0.15) is 0 Å². The topological polar surface area (TPSA) is 96.5 Å². The second kappa shape index (κ2) is 9.73. The van der Waals surface area contributed by atoms with Crippen LogP contribution in [0.4, 0.5) is 10.5 Å². The van der Waals surface area contributed by atoms with Gasteiger partial charge in [-0.15, -0.1) is 23.5 Å². The van der Waals surface area contributed by atoms with Crippen molar-refractivity contribution in [2.24, 2.45) is 11.8 Å². The van der Waals surface area contributed by atoms with Crippen molar-refractivity contribution >= 4 is 47.1 Å². The number of rotatable bonds is 5. The van der Waals surface area contributed by atoms with Crippen LogP contribution in [-0.4, -0.2) is 40.5 Å². The first-order valence-corrected chi connectivity index (χ1v) is 12.8. The van der Waals surface area contributed by atoms with Crippen molar-refractivity contribution in [3.63, 3.8) is 0 Å². The van der Waals surface area contributed by atoms with E-state index in [0.29, 0.717) is 23.2 Å². The summed E-state index contributed by atoms with van der Waals surface area (Å²) < 4.78 is 5.06. The van der Waals surface area contributed by atoms with Gasteiger partial charge < -0.3 is 15.4 Å². The van der Waals surface area contributed by atoms with Crippen molar-refractivity contribution in [2.45, 2.75) is 67.6 Å². The van der Waals surface area contributed by atoms with E-state index < -0.39 is 12.0 Å². The van der Waals surface area contributed by atoms with E-state index in [0.717, 1.165) is 29.3 Å². The van der Waals surface area contributed by atoms with Crippen LogP contribution in [0.25, 0.3) is 0 Å². The van der Waals surface area contributed by atoms with Crippen molar-refractivity contribution in [1.29, 1.82) is 0 Å². The summed E-state index contributed by atoms with van der Waals surface area (Å²) in [6.45, 7) is 3.47. The first kappa shape index (κ1) is 22.3. The number of ether oxygens (including phenoxy) is 1. The van der Waals surface area contributed by atoms with Crippen LogP contribution in [0.2, 0.25) is 0 Å². The van der Waals surface area contributed by atoms with Crippen LogP contribution in [0.15, 0.2) is 23.1 Å². The van der Waals surface area contributed by atoms with Crippen LogP contribution in [0.3, 0.4) is 0 Å². The molecule has 2 heterocycles. The van der Waals surface area contributed by atoms with Gasteiger partial charge in [-0.1, -0.05) is 12.8 Å². The van der Waals surface area contributed by atoms with E-state index in [9.17, 15) is 14.4 Å². The normalized spacial score (nSPS) is 25.2. The van der Waals surface area contributed by atoms with E-state index in [1.165, 1.54) is 12.8 Å². The molecule has 4 rings (SSSR count). The zero-order valence-electron chi connectivity index (χ0n) is 17.8. The minimum Gasteiger partial charge on any atom is -0.447 e. The lowest BCUT2D eigenvalue weighted by atomic mass is 9.93. The lowest BCUT2D eigenvalue weighted by Gasteiger charge is -2.20. The fraction of sp³-hybridized carbons (Fsp3) is 0.591. The molecular weight excluding hydrogens is 434 g/mol. The third-order valence-electron chi connectivity index (χ3n) is 6.01. The number of benzene rings is 1. The van der Waals surface area contributed by atoms with Gasteiger partial charge in [0.15, 0.2) is 0 Å². The molecule has 0 bridgehead atoms. The third-order valence-corrected chi connectivity index (χ3v) is 8.61. The SMILES string of the molecule is CC(C)OC(=O)NC(=O)C1CC(C2CCCC2)SC1NC(=O)c1ccc2c(c1)SCN2. The first-order chi connectivity index (χ1) is 14.9. The first-order valence-electron chi connectivity index (χ1n) is 10.9. The van der Waals surface area contributed by atoms with E-state index in [2.05, 4.69) is 16.0 Å². The number of carbonyl (C=O) groups is 3. The predicted octanol–water partition coefficient (Wildman–Crippen LogP) is 4.19. The maximum absolute atomic E-state index is 13.0. The van der Waals surface area contributed by atoms with Crippen molar-refractivity contribution in [1.82, 2.24) is 10.6 Å². The molecule has 2 aliphatic heterocycles. The highest BCUT2D eigenvalue weighted by atomic mass is 32.2. The van der Waals surface area contributed by atoms with Gasteiger partial charge >= 0.3 is 6.09 Å². The minimum atomic E-state index is -0.734. The van der Waals surface area contributed by atoms with Gasteiger partial charge in [-0.3, -0.25) is 14.9 Å². The lowest BCUT2D eigenvalue weighted by Crippen LogP contribution is -2.44. The number of imide groups is 1. The summed E-state index contributed by atoms with van der Waals surface area (Å²) in [6.07, 6.45) is 4.38. The summed E-state index contributed by atoms with van der Waals surface area (Å²) in [5, 5.41) is 8.63. The molecule has 2 fully saturated rings. The molecule has 168 valence electrons. The van der Waals surface area contributed by atoms with E-state index in [1.807, 2.05) is 12.1 Å². The predicted molar refractivity (Wildman–Crippen MR) is 123 cm³/mol. The summed E-state index contributed by atoms with van der Waals surface area (Å²) >= 11 is 3.34. The summed E-state index contributed by atoms with van der Waals surface area (Å²) in [4.78, 5) is 38.9. The molecule has 0 spiro atoms. The number of nitrogens with one attached hydrogen (secondary N) is 3. The Kier molecular flexibility index (Phi) is 7.01. The quantitative estimate of drug-likeness (QED) is 0.602. The van der Waals surface area contributed by atoms with Crippen LogP contribution in [-0.2, 0) is 9.53 Å². The maximum atomic E-state index is 13.0. The van der Waals surface area contributed by atoms with Crippen LogP contribution >= 0.6 is 23.5 Å². The Morgan fingerprint density at radius 1 is 1.19 bits per heavy atom. The molecule has 3 amide bonds. The van der Waals surface area contributed by atoms with Crippen molar-refractivity contribution in [3.05, 3.63) is 23.8 Å². The Labute approximate surface area is 191 Å². The van der Waals surface area contributed by atoms with E-state index in [4.69, 9.17) is 4.74 Å². The van der Waals surface area contributed by atoms with Crippen molar-refractivity contribution < 1.29 is 19.1 Å². The second-order valence-electron chi connectivity index (χ2n) is 8.58. The molecule has 1 aromatic carbocycles. The molecule has 0 radical (unpaired) electrons. The Balaban J connectivity index is 1.46. The van der Waals surface area contributed by atoms with Gasteiger partial charge in [-0.2, -0.15) is 0 Å².